The van der Waals surface area contributed by atoms with Gasteiger partial charge in [-0.25, -0.2) is 9.97 Å². The molecule has 136 valence electrons. The molecule has 26 heavy (non-hydrogen) atoms. The zero-order chi connectivity index (χ0) is 18.3. The van der Waals surface area contributed by atoms with E-state index in [9.17, 15) is 0 Å². The molecule has 3 heterocycles. The predicted molar refractivity (Wildman–Crippen MR) is 106 cm³/mol. The third-order valence-corrected chi connectivity index (χ3v) is 5.46. The van der Waals surface area contributed by atoms with Crippen molar-refractivity contribution in [1.82, 2.24) is 24.2 Å². The summed E-state index contributed by atoms with van der Waals surface area (Å²) in [5.74, 6) is 0. The molecular formula is C18H18Cl3N5. The number of aromatic nitrogens is 3. The summed E-state index contributed by atoms with van der Waals surface area (Å²) in [6, 6.07) is 7.22. The van der Waals surface area contributed by atoms with Gasteiger partial charge in [-0.2, -0.15) is 0 Å². The van der Waals surface area contributed by atoms with Gasteiger partial charge in [0.15, 0.2) is 0 Å². The minimum absolute atomic E-state index is 0.362. The summed E-state index contributed by atoms with van der Waals surface area (Å²) in [4.78, 5) is 13.9. The zero-order valence-electron chi connectivity index (χ0n) is 14.3. The fourth-order valence-electron chi connectivity index (χ4n) is 3.15. The molecule has 8 heteroatoms. The fourth-order valence-corrected chi connectivity index (χ4v) is 3.88. The minimum Gasteiger partial charge on any atom is -0.304 e. The highest BCUT2D eigenvalue weighted by molar-refractivity contribution is 6.36. The van der Waals surface area contributed by atoms with Gasteiger partial charge in [0.1, 0.15) is 5.65 Å². The summed E-state index contributed by atoms with van der Waals surface area (Å²) in [5, 5.41) is 1.48. The first-order chi connectivity index (χ1) is 12.5. The maximum atomic E-state index is 6.39. The molecule has 1 fully saturated rings. The standard InChI is InChI=1S/C18H18Cl3N5/c1-24-4-6-25(7-5-24)10-13-11-26-17(22-13)9-16(23-18(26)21)14-3-2-12(19)8-15(14)20/h2-3,8-9,11H,4-7,10H2,1H3. The Labute approximate surface area is 167 Å². The predicted octanol–water partition coefficient (Wildman–Crippen LogP) is 4.10. The van der Waals surface area contributed by atoms with Gasteiger partial charge >= 0.3 is 0 Å². The van der Waals surface area contributed by atoms with Crippen molar-refractivity contribution in [2.24, 2.45) is 0 Å². The monoisotopic (exact) mass is 409 g/mol. The van der Waals surface area contributed by atoms with Gasteiger partial charge in [0.2, 0.25) is 5.28 Å². The number of piperazine rings is 1. The molecule has 1 aliphatic rings. The van der Waals surface area contributed by atoms with Gasteiger partial charge in [-0.05, 0) is 36.8 Å². The fraction of sp³-hybridized carbons (Fsp3) is 0.333. The minimum atomic E-state index is 0.362. The first-order valence-electron chi connectivity index (χ1n) is 8.40. The molecule has 0 radical (unpaired) electrons. The molecule has 5 nitrogen and oxygen atoms in total. The van der Waals surface area contributed by atoms with Crippen LogP contribution in [-0.4, -0.2) is 57.4 Å². The van der Waals surface area contributed by atoms with Crippen molar-refractivity contribution in [3.05, 3.63) is 51.5 Å². The van der Waals surface area contributed by atoms with Gasteiger partial charge < -0.3 is 4.90 Å². The van der Waals surface area contributed by atoms with Gasteiger partial charge in [0.05, 0.1) is 16.4 Å². The molecule has 1 aromatic carbocycles. The Morgan fingerprint density at radius 2 is 1.77 bits per heavy atom. The second-order valence-electron chi connectivity index (χ2n) is 6.57. The Balaban J connectivity index is 1.65. The molecule has 1 aliphatic heterocycles. The SMILES string of the molecule is CN1CCN(Cc2cn3c(Cl)nc(-c4ccc(Cl)cc4Cl)cc3n2)CC1. The normalized spacial score (nSPS) is 16.5. The van der Waals surface area contributed by atoms with E-state index >= 15 is 0 Å². The van der Waals surface area contributed by atoms with Gasteiger partial charge in [-0.15, -0.1) is 0 Å². The zero-order valence-corrected chi connectivity index (χ0v) is 16.6. The van der Waals surface area contributed by atoms with E-state index in [1.165, 1.54) is 0 Å². The lowest BCUT2D eigenvalue weighted by Gasteiger charge is -2.31. The largest absolute Gasteiger partial charge is 0.304 e. The van der Waals surface area contributed by atoms with Crippen LogP contribution in [0, 0.1) is 0 Å². The smallest absolute Gasteiger partial charge is 0.209 e. The van der Waals surface area contributed by atoms with Crippen LogP contribution in [0.4, 0.5) is 0 Å². The van der Waals surface area contributed by atoms with Crippen LogP contribution < -0.4 is 0 Å². The number of nitrogens with zero attached hydrogens (tertiary/aromatic N) is 5. The number of likely N-dealkylation sites (N-methyl/N-ethyl adjacent to an activating group) is 1. The van der Waals surface area contributed by atoms with Crippen molar-refractivity contribution in [1.29, 1.82) is 0 Å². The van der Waals surface area contributed by atoms with Crippen LogP contribution in [0.15, 0.2) is 30.5 Å². The molecule has 0 saturated carbocycles. The van der Waals surface area contributed by atoms with E-state index in [4.69, 9.17) is 39.8 Å². The Bertz CT molecular complexity index is 947. The second-order valence-corrected chi connectivity index (χ2v) is 7.76. The molecule has 0 aliphatic carbocycles. The van der Waals surface area contributed by atoms with Gasteiger partial charge in [0, 0.05) is 55.6 Å². The summed E-state index contributed by atoms with van der Waals surface area (Å²) in [7, 11) is 2.15. The quantitative estimate of drug-likeness (QED) is 0.609. The molecule has 2 aromatic heterocycles. The van der Waals surface area contributed by atoms with Crippen molar-refractivity contribution in [2.75, 3.05) is 33.2 Å². The second kappa shape index (κ2) is 7.33. The molecule has 3 aromatic rings. The third-order valence-electron chi connectivity index (χ3n) is 4.65. The van der Waals surface area contributed by atoms with Crippen LogP contribution >= 0.6 is 34.8 Å². The first kappa shape index (κ1) is 18.0. The van der Waals surface area contributed by atoms with Gasteiger partial charge in [-0.1, -0.05) is 23.2 Å². The number of halogens is 3. The van der Waals surface area contributed by atoms with Crippen LogP contribution in [0.5, 0.6) is 0 Å². The maximum Gasteiger partial charge on any atom is 0.209 e. The van der Waals surface area contributed by atoms with Crippen molar-refractivity contribution < 1.29 is 0 Å². The lowest BCUT2D eigenvalue weighted by molar-refractivity contribution is 0.147. The van der Waals surface area contributed by atoms with Gasteiger partial charge in [-0.3, -0.25) is 9.30 Å². The summed E-state index contributed by atoms with van der Waals surface area (Å²) >= 11 is 18.7. The molecule has 0 amide bonds. The summed E-state index contributed by atoms with van der Waals surface area (Å²) in [6.45, 7) is 5.05. The Morgan fingerprint density at radius 3 is 2.50 bits per heavy atom. The van der Waals surface area contributed by atoms with E-state index in [0.29, 0.717) is 21.0 Å². The molecule has 1 saturated heterocycles. The molecule has 0 N–H and O–H groups in total. The third kappa shape index (κ3) is 3.68. The number of fused-ring (bicyclic) bond motifs is 1. The lowest BCUT2D eigenvalue weighted by Crippen LogP contribution is -2.43. The summed E-state index contributed by atoms with van der Waals surface area (Å²) < 4.78 is 1.81. The Kier molecular flexibility index (Phi) is 5.08. The molecule has 0 spiro atoms. The van der Waals surface area contributed by atoms with Gasteiger partial charge in [0.25, 0.3) is 0 Å². The molecular weight excluding hydrogens is 393 g/mol. The molecule has 0 atom stereocenters. The maximum absolute atomic E-state index is 6.39. The summed E-state index contributed by atoms with van der Waals surface area (Å²) in [6.07, 6.45) is 1.95. The van der Waals surface area contributed by atoms with E-state index in [1.807, 2.05) is 18.3 Å². The van der Waals surface area contributed by atoms with Crippen molar-refractivity contribution in [3.8, 4) is 11.3 Å². The molecule has 0 unspecified atom stereocenters. The number of hydrogen-bond donors (Lipinski definition) is 0. The number of hydrogen-bond acceptors (Lipinski definition) is 4. The topological polar surface area (TPSA) is 36.7 Å². The van der Waals surface area contributed by atoms with E-state index in [-0.39, 0.29) is 0 Å². The van der Waals surface area contributed by atoms with E-state index in [0.717, 1.165) is 49.6 Å². The Hall–Kier alpha value is -1.37. The lowest BCUT2D eigenvalue weighted by atomic mass is 10.1. The van der Waals surface area contributed by atoms with E-state index in [2.05, 4.69) is 21.8 Å². The first-order valence-corrected chi connectivity index (χ1v) is 9.54. The van der Waals surface area contributed by atoms with Crippen molar-refractivity contribution >= 4 is 40.4 Å². The van der Waals surface area contributed by atoms with Crippen LogP contribution in [0.2, 0.25) is 15.3 Å². The average molecular weight is 411 g/mol. The molecule has 0 bridgehead atoms. The Morgan fingerprint density at radius 1 is 1.00 bits per heavy atom. The van der Waals surface area contributed by atoms with Crippen LogP contribution in [0.25, 0.3) is 16.9 Å². The highest BCUT2D eigenvalue weighted by atomic mass is 35.5. The number of rotatable bonds is 3. The summed E-state index contributed by atoms with van der Waals surface area (Å²) in [5.41, 5.74) is 3.21. The number of benzene rings is 1. The van der Waals surface area contributed by atoms with Crippen LogP contribution in [0.3, 0.4) is 0 Å². The highest BCUT2D eigenvalue weighted by Gasteiger charge is 2.17. The molecule has 4 rings (SSSR count). The van der Waals surface area contributed by atoms with E-state index < -0.39 is 0 Å². The van der Waals surface area contributed by atoms with Crippen LogP contribution in [0.1, 0.15) is 5.69 Å². The van der Waals surface area contributed by atoms with Crippen molar-refractivity contribution in [2.45, 2.75) is 6.54 Å². The van der Waals surface area contributed by atoms with E-state index in [1.54, 1.807) is 16.5 Å². The van der Waals surface area contributed by atoms with Crippen molar-refractivity contribution in [3.63, 3.8) is 0 Å². The highest BCUT2D eigenvalue weighted by Crippen LogP contribution is 2.30. The number of imidazole rings is 1. The average Bonchev–Trinajstić information content (AvgIpc) is 3.00. The van der Waals surface area contributed by atoms with Crippen LogP contribution in [-0.2, 0) is 6.54 Å².